The number of hydrogen-bond acceptors (Lipinski definition) is 6. The molecule has 0 radical (unpaired) electrons. The third-order valence-electron chi connectivity index (χ3n) is 3.36. The van der Waals surface area contributed by atoms with Crippen molar-refractivity contribution in [1.82, 2.24) is 4.37 Å². The van der Waals surface area contributed by atoms with Crippen molar-refractivity contribution in [2.24, 2.45) is 0 Å². The summed E-state index contributed by atoms with van der Waals surface area (Å²) in [4.78, 5) is 0.145. The van der Waals surface area contributed by atoms with Gasteiger partial charge in [0.25, 0.3) is 0 Å². The summed E-state index contributed by atoms with van der Waals surface area (Å²) >= 11 is 1.12. The largest absolute Gasteiger partial charge is 0.382 e. The number of rotatable bonds is 11. The standard InChI is InChI=1S/C14H27N3O2S2/c1-3-4-5-6-7-8-9-10-11-16-14-12(21(2,18)19)13(15)17-20-14/h16H,3-11H2,1-2H3,(H2,15,17). The second-order valence-corrected chi connectivity index (χ2v) is 8.13. The Morgan fingerprint density at radius 3 is 2.24 bits per heavy atom. The molecule has 21 heavy (non-hydrogen) atoms. The average molecular weight is 334 g/mol. The van der Waals surface area contributed by atoms with Gasteiger partial charge in [-0.3, -0.25) is 0 Å². The predicted octanol–water partition coefficient (Wildman–Crippen LogP) is 3.68. The molecule has 0 saturated heterocycles. The van der Waals surface area contributed by atoms with E-state index in [2.05, 4.69) is 16.6 Å². The number of sulfone groups is 1. The lowest BCUT2D eigenvalue weighted by atomic mass is 10.1. The Morgan fingerprint density at radius 1 is 1.10 bits per heavy atom. The number of nitrogens with two attached hydrogens (primary N) is 1. The van der Waals surface area contributed by atoms with Gasteiger partial charge < -0.3 is 11.1 Å². The van der Waals surface area contributed by atoms with Gasteiger partial charge in [0.2, 0.25) is 0 Å². The second-order valence-electron chi connectivity index (χ2n) is 5.40. The average Bonchev–Trinajstić information content (AvgIpc) is 2.78. The fourth-order valence-electron chi connectivity index (χ4n) is 2.23. The quantitative estimate of drug-likeness (QED) is 0.603. The minimum absolute atomic E-state index is 0.0981. The van der Waals surface area contributed by atoms with Crippen LogP contribution in [0.25, 0.3) is 0 Å². The molecule has 0 aromatic carbocycles. The maximum atomic E-state index is 11.6. The summed E-state index contributed by atoms with van der Waals surface area (Å²) in [6, 6.07) is 0. The van der Waals surface area contributed by atoms with Crippen molar-refractivity contribution in [3.63, 3.8) is 0 Å². The van der Waals surface area contributed by atoms with E-state index in [1.54, 1.807) is 0 Å². The number of anilines is 2. The summed E-state index contributed by atoms with van der Waals surface area (Å²) in [6.07, 6.45) is 11.2. The van der Waals surface area contributed by atoms with Crippen molar-refractivity contribution in [1.29, 1.82) is 0 Å². The SMILES string of the molecule is CCCCCCCCCCNc1snc(N)c1S(C)(=O)=O. The summed E-state index contributed by atoms with van der Waals surface area (Å²) in [7, 11) is -3.32. The van der Waals surface area contributed by atoms with Gasteiger partial charge in [-0.1, -0.05) is 51.9 Å². The number of nitrogens with one attached hydrogen (secondary N) is 1. The predicted molar refractivity (Wildman–Crippen MR) is 90.7 cm³/mol. The molecule has 1 rings (SSSR count). The topological polar surface area (TPSA) is 85.1 Å². The van der Waals surface area contributed by atoms with E-state index in [9.17, 15) is 8.42 Å². The zero-order chi connectivity index (χ0) is 15.7. The lowest BCUT2D eigenvalue weighted by molar-refractivity contribution is 0.581. The van der Waals surface area contributed by atoms with Crippen molar-refractivity contribution < 1.29 is 8.42 Å². The molecule has 1 heterocycles. The van der Waals surface area contributed by atoms with Crippen molar-refractivity contribution in [2.75, 3.05) is 23.9 Å². The lowest BCUT2D eigenvalue weighted by Crippen LogP contribution is -2.06. The molecular weight excluding hydrogens is 306 g/mol. The van der Waals surface area contributed by atoms with Gasteiger partial charge in [-0.2, -0.15) is 4.37 Å². The van der Waals surface area contributed by atoms with Crippen LogP contribution in [0.2, 0.25) is 0 Å². The van der Waals surface area contributed by atoms with E-state index in [-0.39, 0.29) is 10.7 Å². The van der Waals surface area contributed by atoms with Crippen LogP contribution in [0.4, 0.5) is 10.8 Å². The molecule has 0 aliphatic rings. The molecule has 1 aromatic heterocycles. The molecule has 0 spiro atoms. The zero-order valence-corrected chi connectivity index (χ0v) is 14.7. The van der Waals surface area contributed by atoms with E-state index in [0.717, 1.165) is 30.8 Å². The van der Waals surface area contributed by atoms with Crippen LogP contribution < -0.4 is 11.1 Å². The van der Waals surface area contributed by atoms with E-state index in [4.69, 9.17) is 5.73 Å². The van der Waals surface area contributed by atoms with Crippen LogP contribution in [0.3, 0.4) is 0 Å². The maximum Gasteiger partial charge on any atom is 0.182 e. The van der Waals surface area contributed by atoms with Gasteiger partial charge in [0.1, 0.15) is 9.90 Å². The minimum atomic E-state index is -3.32. The van der Waals surface area contributed by atoms with Crippen molar-refractivity contribution in [2.45, 2.75) is 63.2 Å². The molecule has 0 atom stereocenters. The van der Waals surface area contributed by atoms with Crippen molar-refractivity contribution in [3.8, 4) is 0 Å². The molecule has 0 aliphatic heterocycles. The highest BCUT2D eigenvalue weighted by Crippen LogP contribution is 2.31. The molecular formula is C14H27N3O2S2. The van der Waals surface area contributed by atoms with E-state index < -0.39 is 9.84 Å². The summed E-state index contributed by atoms with van der Waals surface area (Å²) in [5.74, 6) is 0.0981. The van der Waals surface area contributed by atoms with Gasteiger partial charge in [-0.15, -0.1) is 0 Å². The van der Waals surface area contributed by atoms with Gasteiger partial charge >= 0.3 is 0 Å². The molecule has 0 amide bonds. The summed E-state index contributed by atoms with van der Waals surface area (Å²) in [5, 5.41) is 3.72. The fraction of sp³-hybridized carbons (Fsp3) is 0.786. The first-order valence-corrected chi connectivity index (χ1v) is 10.3. The summed E-state index contributed by atoms with van der Waals surface area (Å²) in [6.45, 7) is 2.99. The third kappa shape index (κ3) is 6.65. The van der Waals surface area contributed by atoms with E-state index >= 15 is 0 Å². The van der Waals surface area contributed by atoms with Crippen LogP contribution in [0.15, 0.2) is 4.90 Å². The maximum absolute atomic E-state index is 11.6. The van der Waals surface area contributed by atoms with Gasteiger partial charge in [-0.05, 0) is 18.0 Å². The Bertz CT molecular complexity index is 512. The number of nitrogens with zero attached hydrogens (tertiary/aromatic N) is 1. The van der Waals surface area contributed by atoms with E-state index in [1.807, 2.05) is 0 Å². The van der Waals surface area contributed by atoms with Crippen LogP contribution >= 0.6 is 11.5 Å². The molecule has 0 fully saturated rings. The molecule has 122 valence electrons. The molecule has 7 heteroatoms. The number of aromatic nitrogens is 1. The van der Waals surface area contributed by atoms with E-state index in [1.165, 1.54) is 44.9 Å². The monoisotopic (exact) mass is 333 g/mol. The highest BCUT2D eigenvalue weighted by atomic mass is 32.2. The summed E-state index contributed by atoms with van der Waals surface area (Å²) in [5.41, 5.74) is 5.62. The second kappa shape index (κ2) is 9.25. The summed E-state index contributed by atoms with van der Waals surface area (Å²) < 4.78 is 27.2. The van der Waals surface area contributed by atoms with Gasteiger partial charge in [0, 0.05) is 12.8 Å². The van der Waals surface area contributed by atoms with Crippen molar-refractivity contribution in [3.05, 3.63) is 0 Å². The highest BCUT2D eigenvalue weighted by Gasteiger charge is 2.20. The van der Waals surface area contributed by atoms with Gasteiger partial charge in [0.05, 0.1) is 0 Å². The van der Waals surface area contributed by atoms with Gasteiger partial charge in [-0.25, -0.2) is 8.42 Å². The fourth-order valence-corrected chi connectivity index (χ4v) is 4.32. The van der Waals surface area contributed by atoms with Crippen LogP contribution in [-0.2, 0) is 9.84 Å². The van der Waals surface area contributed by atoms with Crippen LogP contribution in [-0.4, -0.2) is 25.6 Å². The van der Waals surface area contributed by atoms with E-state index in [0.29, 0.717) is 5.00 Å². The molecule has 0 bridgehead atoms. The highest BCUT2D eigenvalue weighted by molar-refractivity contribution is 7.91. The first-order valence-electron chi connectivity index (χ1n) is 7.66. The Kier molecular flexibility index (Phi) is 8.03. The van der Waals surface area contributed by atoms with Gasteiger partial charge in [0.15, 0.2) is 15.7 Å². The van der Waals surface area contributed by atoms with Crippen LogP contribution in [0.5, 0.6) is 0 Å². The number of nitrogen functional groups attached to an aromatic ring is 1. The zero-order valence-electron chi connectivity index (χ0n) is 13.0. The molecule has 5 nitrogen and oxygen atoms in total. The van der Waals surface area contributed by atoms with Crippen LogP contribution in [0, 0.1) is 0 Å². The number of unbranched alkanes of at least 4 members (excludes halogenated alkanes) is 7. The molecule has 0 aliphatic carbocycles. The normalized spacial score (nSPS) is 11.7. The Balaban J connectivity index is 2.22. The Labute approximate surface area is 132 Å². The third-order valence-corrected chi connectivity index (χ3v) is 5.46. The Hall–Kier alpha value is -0.820. The molecule has 0 saturated carbocycles. The Morgan fingerprint density at radius 2 is 1.67 bits per heavy atom. The first kappa shape index (κ1) is 18.2. The molecule has 3 N–H and O–H groups in total. The molecule has 1 aromatic rings. The molecule has 0 unspecified atom stereocenters. The smallest absolute Gasteiger partial charge is 0.182 e. The first-order chi connectivity index (χ1) is 9.96. The van der Waals surface area contributed by atoms with Crippen molar-refractivity contribution >= 4 is 32.2 Å². The minimum Gasteiger partial charge on any atom is -0.382 e. The van der Waals surface area contributed by atoms with Crippen LogP contribution in [0.1, 0.15) is 58.3 Å². The number of hydrogen-bond donors (Lipinski definition) is 2. The lowest BCUT2D eigenvalue weighted by Gasteiger charge is -2.06.